The van der Waals surface area contributed by atoms with Crippen molar-refractivity contribution in [3.8, 4) is 0 Å². The van der Waals surface area contributed by atoms with Crippen LogP contribution in [-0.2, 0) is 0 Å². The number of pyridine rings is 1. The van der Waals surface area contributed by atoms with Gasteiger partial charge < -0.3 is 5.32 Å². The van der Waals surface area contributed by atoms with E-state index < -0.39 is 0 Å². The van der Waals surface area contributed by atoms with Crippen molar-refractivity contribution in [2.24, 2.45) is 10.2 Å². The van der Waals surface area contributed by atoms with Crippen molar-refractivity contribution in [1.29, 1.82) is 0 Å². The summed E-state index contributed by atoms with van der Waals surface area (Å²) in [5, 5.41) is 12.5. The lowest BCUT2D eigenvalue weighted by Gasteiger charge is -2.21. The second-order valence-corrected chi connectivity index (χ2v) is 7.81. The van der Waals surface area contributed by atoms with Crippen molar-refractivity contribution in [3.05, 3.63) is 95.3 Å². The zero-order chi connectivity index (χ0) is 20.8. The number of rotatable bonds is 8. The Hall–Kier alpha value is -3.27. The molecule has 0 saturated carbocycles. The van der Waals surface area contributed by atoms with E-state index in [0.29, 0.717) is 6.04 Å². The van der Waals surface area contributed by atoms with Gasteiger partial charge in [-0.2, -0.15) is 10.2 Å². The molecule has 2 aromatic carbocycles. The highest BCUT2D eigenvalue weighted by Crippen LogP contribution is 2.26. The van der Waals surface area contributed by atoms with Crippen molar-refractivity contribution in [2.75, 3.05) is 5.32 Å². The number of unbranched alkanes of at least 4 members (excludes halogenated alkanes) is 1. The first kappa shape index (κ1) is 20.0. The van der Waals surface area contributed by atoms with Crippen molar-refractivity contribution in [2.45, 2.75) is 45.6 Å². The standard InChI is InChI=1S/C26H28N4/c1-3-4-7-23(28-22-15-9-19(2)10-16-22)20-11-13-21(14-12-20)25-18-26(30-29-25)24-8-5-6-17-27-24/h5-6,8-17,23,28H,3-4,7,18H2,1-2H3. The molecule has 1 N–H and O–H groups in total. The lowest BCUT2D eigenvalue weighted by Crippen LogP contribution is -2.11. The van der Waals surface area contributed by atoms with Crippen LogP contribution in [0.1, 0.15) is 61.0 Å². The molecule has 0 bridgehead atoms. The molecule has 4 heteroatoms. The van der Waals surface area contributed by atoms with Crippen LogP contribution in [0.3, 0.4) is 0 Å². The van der Waals surface area contributed by atoms with Gasteiger partial charge in [0.25, 0.3) is 0 Å². The van der Waals surface area contributed by atoms with Crippen LogP contribution in [0.4, 0.5) is 5.69 Å². The topological polar surface area (TPSA) is 49.6 Å². The van der Waals surface area contributed by atoms with Gasteiger partial charge in [0.05, 0.1) is 23.2 Å². The molecule has 0 saturated heterocycles. The van der Waals surface area contributed by atoms with Gasteiger partial charge in [0.15, 0.2) is 0 Å². The largest absolute Gasteiger partial charge is 0.378 e. The Bertz CT molecular complexity index is 1020. The number of nitrogens with one attached hydrogen (secondary N) is 1. The first-order valence-electron chi connectivity index (χ1n) is 10.7. The summed E-state index contributed by atoms with van der Waals surface area (Å²) in [6, 6.07) is 23.6. The molecule has 1 unspecified atom stereocenters. The fourth-order valence-corrected chi connectivity index (χ4v) is 3.67. The predicted octanol–water partition coefficient (Wildman–Crippen LogP) is 6.33. The Kier molecular flexibility index (Phi) is 6.33. The second-order valence-electron chi connectivity index (χ2n) is 7.81. The number of nitrogens with zero attached hydrogens (tertiary/aromatic N) is 3. The molecule has 0 fully saturated rings. The van der Waals surface area contributed by atoms with E-state index in [1.165, 1.54) is 29.7 Å². The van der Waals surface area contributed by atoms with Crippen LogP contribution < -0.4 is 5.32 Å². The van der Waals surface area contributed by atoms with E-state index in [-0.39, 0.29) is 0 Å². The summed E-state index contributed by atoms with van der Waals surface area (Å²) in [6.45, 7) is 4.36. The van der Waals surface area contributed by atoms with Gasteiger partial charge >= 0.3 is 0 Å². The van der Waals surface area contributed by atoms with Gasteiger partial charge in [0.2, 0.25) is 0 Å². The summed E-state index contributed by atoms with van der Waals surface area (Å²) in [5.41, 5.74) is 7.69. The van der Waals surface area contributed by atoms with Gasteiger partial charge in [-0.15, -0.1) is 0 Å². The van der Waals surface area contributed by atoms with Crippen LogP contribution in [-0.4, -0.2) is 16.4 Å². The molecule has 2 heterocycles. The number of aryl methyl sites for hydroxylation is 1. The lowest BCUT2D eigenvalue weighted by molar-refractivity contribution is 0.634. The Morgan fingerprint density at radius 1 is 0.900 bits per heavy atom. The monoisotopic (exact) mass is 396 g/mol. The fourth-order valence-electron chi connectivity index (χ4n) is 3.67. The molecule has 3 aromatic rings. The number of hydrogen-bond donors (Lipinski definition) is 1. The van der Waals surface area contributed by atoms with E-state index in [9.17, 15) is 0 Å². The minimum atomic E-state index is 0.299. The molecule has 1 aliphatic rings. The molecule has 0 aliphatic carbocycles. The Morgan fingerprint density at radius 3 is 2.37 bits per heavy atom. The lowest BCUT2D eigenvalue weighted by atomic mass is 9.97. The third-order valence-electron chi connectivity index (χ3n) is 5.47. The SMILES string of the molecule is CCCCC(Nc1ccc(C)cc1)c1ccc(C2=NN=C(c3ccccn3)C2)cc1. The first-order chi connectivity index (χ1) is 14.7. The highest BCUT2D eigenvalue weighted by Gasteiger charge is 2.18. The van der Waals surface area contributed by atoms with Crippen LogP contribution in [0.15, 0.2) is 83.1 Å². The highest BCUT2D eigenvalue weighted by molar-refractivity contribution is 6.19. The molecule has 1 aliphatic heterocycles. The zero-order valence-corrected chi connectivity index (χ0v) is 17.7. The van der Waals surface area contributed by atoms with E-state index in [1.807, 2.05) is 18.2 Å². The third-order valence-corrected chi connectivity index (χ3v) is 5.47. The molecule has 1 aromatic heterocycles. The predicted molar refractivity (Wildman–Crippen MR) is 125 cm³/mol. The van der Waals surface area contributed by atoms with E-state index in [2.05, 4.69) is 82.9 Å². The van der Waals surface area contributed by atoms with Gasteiger partial charge in [-0.3, -0.25) is 4.98 Å². The summed E-state index contributed by atoms with van der Waals surface area (Å²) in [6.07, 6.45) is 6.00. The maximum Gasteiger partial charge on any atom is 0.0946 e. The molecule has 0 radical (unpaired) electrons. The first-order valence-corrected chi connectivity index (χ1v) is 10.7. The van der Waals surface area contributed by atoms with Crippen molar-refractivity contribution in [3.63, 3.8) is 0 Å². The smallest absolute Gasteiger partial charge is 0.0946 e. The molecular weight excluding hydrogens is 368 g/mol. The highest BCUT2D eigenvalue weighted by atomic mass is 15.2. The maximum atomic E-state index is 4.41. The van der Waals surface area contributed by atoms with Crippen LogP contribution in [0.2, 0.25) is 0 Å². The van der Waals surface area contributed by atoms with Gasteiger partial charge in [0.1, 0.15) is 0 Å². The normalized spacial score (nSPS) is 14.2. The molecule has 4 rings (SSSR count). The molecule has 0 spiro atoms. The van der Waals surface area contributed by atoms with Crippen LogP contribution in [0.25, 0.3) is 0 Å². The Morgan fingerprint density at radius 2 is 1.67 bits per heavy atom. The van der Waals surface area contributed by atoms with Gasteiger partial charge in [-0.1, -0.05) is 67.8 Å². The quantitative estimate of drug-likeness (QED) is 0.483. The van der Waals surface area contributed by atoms with Crippen molar-refractivity contribution < 1.29 is 0 Å². The van der Waals surface area contributed by atoms with Crippen molar-refractivity contribution in [1.82, 2.24) is 4.98 Å². The Balaban J connectivity index is 1.46. The average molecular weight is 397 g/mol. The molecule has 0 amide bonds. The van der Waals surface area contributed by atoms with E-state index >= 15 is 0 Å². The van der Waals surface area contributed by atoms with Gasteiger partial charge in [-0.25, -0.2) is 0 Å². The molecular formula is C26H28N4. The third kappa shape index (κ3) is 4.82. The van der Waals surface area contributed by atoms with Crippen molar-refractivity contribution >= 4 is 17.1 Å². The van der Waals surface area contributed by atoms with Gasteiger partial charge in [0, 0.05) is 18.3 Å². The number of hydrogen-bond acceptors (Lipinski definition) is 4. The zero-order valence-electron chi connectivity index (χ0n) is 17.7. The number of anilines is 1. The van der Waals surface area contributed by atoms with Crippen LogP contribution >= 0.6 is 0 Å². The second kappa shape index (κ2) is 9.49. The number of benzene rings is 2. The summed E-state index contributed by atoms with van der Waals surface area (Å²) >= 11 is 0. The van der Waals surface area contributed by atoms with E-state index in [0.717, 1.165) is 35.5 Å². The molecule has 1 atom stereocenters. The number of aromatic nitrogens is 1. The minimum Gasteiger partial charge on any atom is -0.378 e. The summed E-state index contributed by atoms with van der Waals surface area (Å²) in [5.74, 6) is 0. The maximum absolute atomic E-state index is 4.41. The summed E-state index contributed by atoms with van der Waals surface area (Å²) in [4.78, 5) is 4.39. The molecule has 152 valence electrons. The summed E-state index contributed by atoms with van der Waals surface area (Å²) < 4.78 is 0. The Labute approximate surface area is 178 Å². The van der Waals surface area contributed by atoms with Gasteiger partial charge in [-0.05, 0) is 48.7 Å². The van der Waals surface area contributed by atoms with E-state index in [1.54, 1.807) is 6.20 Å². The average Bonchev–Trinajstić information content (AvgIpc) is 3.29. The van der Waals surface area contributed by atoms with Crippen LogP contribution in [0, 0.1) is 6.92 Å². The minimum absolute atomic E-state index is 0.299. The van der Waals surface area contributed by atoms with E-state index in [4.69, 9.17) is 0 Å². The molecule has 4 nitrogen and oxygen atoms in total. The molecule has 30 heavy (non-hydrogen) atoms. The van der Waals surface area contributed by atoms with Crippen LogP contribution in [0.5, 0.6) is 0 Å². The fraction of sp³-hybridized carbons (Fsp3) is 0.269. The summed E-state index contributed by atoms with van der Waals surface area (Å²) in [7, 11) is 0.